The van der Waals surface area contributed by atoms with Crippen molar-refractivity contribution in [2.45, 2.75) is 31.1 Å². The quantitative estimate of drug-likeness (QED) is 0.589. The van der Waals surface area contributed by atoms with E-state index in [4.69, 9.17) is 17.0 Å². The summed E-state index contributed by atoms with van der Waals surface area (Å²) in [5, 5.41) is 6.47. The van der Waals surface area contributed by atoms with Gasteiger partial charge in [0, 0.05) is 32.4 Å². The molecule has 0 bridgehead atoms. The van der Waals surface area contributed by atoms with E-state index in [-0.39, 0.29) is 0 Å². The maximum Gasteiger partial charge on any atom is 0.243 e. The number of methoxy groups -OCH3 is 1. The summed E-state index contributed by atoms with van der Waals surface area (Å²) in [5.41, 5.74) is 1.40. The first kappa shape index (κ1) is 19.1. The van der Waals surface area contributed by atoms with Crippen molar-refractivity contribution in [1.29, 1.82) is 0 Å². The zero-order chi connectivity index (χ0) is 17.6. The van der Waals surface area contributed by atoms with Crippen LogP contribution in [-0.4, -0.2) is 51.2 Å². The number of anilines is 1. The van der Waals surface area contributed by atoms with Gasteiger partial charge in [-0.15, -0.1) is 0 Å². The Hall–Kier alpha value is -1.22. The molecule has 1 heterocycles. The molecule has 1 fully saturated rings. The van der Waals surface area contributed by atoms with Crippen LogP contribution in [-0.2, 0) is 14.8 Å². The Kier molecular flexibility index (Phi) is 6.97. The summed E-state index contributed by atoms with van der Waals surface area (Å²) in [4.78, 5) is 0.342. The third-order valence-corrected chi connectivity index (χ3v) is 6.26. The molecule has 0 aromatic heterocycles. The zero-order valence-corrected chi connectivity index (χ0v) is 15.8. The Labute approximate surface area is 149 Å². The Morgan fingerprint density at radius 2 is 2.00 bits per heavy atom. The Morgan fingerprint density at radius 3 is 2.67 bits per heavy atom. The van der Waals surface area contributed by atoms with Crippen LogP contribution in [0.2, 0.25) is 0 Å². The van der Waals surface area contributed by atoms with Gasteiger partial charge in [-0.3, -0.25) is 0 Å². The van der Waals surface area contributed by atoms with E-state index in [1.54, 1.807) is 23.5 Å². The van der Waals surface area contributed by atoms with Crippen LogP contribution < -0.4 is 10.6 Å². The van der Waals surface area contributed by atoms with Crippen LogP contribution in [0.25, 0.3) is 0 Å². The van der Waals surface area contributed by atoms with Crippen LogP contribution in [0.3, 0.4) is 0 Å². The highest BCUT2D eigenvalue weighted by Crippen LogP contribution is 2.25. The minimum atomic E-state index is -3.46. The minimum Gasteiger partial charge on any atom is -0.383 e. The molecule has 6 nitrogen and oxygen atoms in total. The summed E-state index contributed by atoms with van der Waals surface area (Å²) < 4.78 is 32.3. The zero-order valence-electron chi connectivity index (χ0n) is 14.2. The molecule has 0 atom stereocenters. The van der Waals surface area contributed by atoms with Crippen LogP contribution in [0.15, 0.2) is 23.1 Å². The number of thiocarbonyl (C=S) groups is 1. The fourth-order valence-electron chi connectivity index (χ4n) is 2.64. The number of ether oxygens (including phenoxy) is 1. The Bertz CT molecular complexity index is 671. The van der Waals surface area contributed by atoms with Gasteiger partial charge in [0.1, 0.15) is 0 Å². The van der Waals surface area contributed by atoms with Crippen molar-refractivity contribution in [2.24, 2.45) is 0 Å². The van der Waals surface area contributed by atoms with E-state index in [1.807, 2.05) is 13.0 Å². The van der Waals surface area contributed by atoms with Gasteiger partial charge in [0.05, 0.1) is 11.5 Å². The molecule has 0 aliphatic carbocycles. The van der Waals surface area contributed by atoms with Gasteiger partial charge >= 0.3 is 0 Å². The number of hydrogen-bond donors (Lipinski definition) is 2. The molecule has 2 N–H and O–H groups in total. The molecule has 8 heteroatoms. The summed E-state index contributed by atoms with van der Waals surface area (Å²) >= 11 is 5.21. The summed E-state index contributed by atoms with van der Waals surface area (Å²) in [6.45, 7) is 4.14. The van der Waals surface area contributed by atoms with E-state index < -0.39 is 10.0 Å². The van der Waals surface area contributed by atoms with Crippen LogP contribution in [0.5, 0.6) is 0 Å². The highest BCUT2D eigenvalue weighted by molar-refractivity contribution is 7.89. The van der Waals surface area contributed by atoms with E-state index in [0.29, 0.717) is 41.9 Å². The molecule has 24 heavy (non-hydrogen) atoms. The van der Waals surface area contributed by atoms with Crippen molar-refractivity contribution in [3.8, 4) is 0 Å². The Balaban J connectivity index is 2.14. The molecular weight excluding hydrogens is 346 g/mol. The molecule has 1 saturated heterocycles. The molecule has 134 valence electrons. The third-order valence-electron chi connectivity index (χ3n) is 3.97. The van der Waals surface area contributed by atoms with Crippen molar-refractivity contribution < 1.29 is 13.2 Å². The lowest BCUT2D eigenvalue weighted by atomic mass is 10.2. The SMILES string of the molecule is COCCNC(=S)Nc1ccc(C)c(S(=O)(=O)N2CCCCC2)c1. The number of hydrogen-bond acceptors (Lipinski definition) is 4. The standard InChI is InChI=1S/C16H25N3O3S2/c1-13-6-7-14(18-16(23)17-8-11-22-2)12-15(13)24(20,21)19-9-4-3-5-10-19/h6-7,12H,3-5,8-11H2,1-2H3,(H2,17,18,23). The van der Waals surface area contributed by atoms with Crippen molar-refractivity contribution in [1.82, 2.24) is 9.62 Å². The van der Waals surface area contributed by atoms with Gasteiger partial charge in [0.2, 0.25) is 10.0 Å². The van der Waals surface area contributed by atoms with Crippen molar-refractivity contribution >= 4 is 33.0 Å². The highest BCUT2D eigenvalue weighted by atomic mass is 32.2. The maximum atomic E-state index is 12.9. The van der Waals surface area contributed by atoms with Crippen molar-refractivity contribution in [3.63, 3.8) is 0 Å². The van der Waals surface area contributed by atoms with Gasteiger partial charge in [-0.1, -0.05) is 12.5 Å². The topological polar surface area (TPSA) is 70.7 Å². The Morgan fingerprint density at radius 1 is 1.29 bits per heavy atom. The number of nitrogens with one attached hydrogen (secondary N) is 2. The molecule has 2 rings (SSSR count). The number of piperidine rings is 1. The van der Waals surface area contributed by atoms with Crippen molar-refractivity contribution in [3.05, 3.63) is 23.8 Å². The minimum absolute atomic E-state index is 0.342. The summed E-state index contributed by atoms with van der Waals surface area (Å²) in [6.07, 6.45) is 2.93. The second kappa shape index (κ2) is 8.75. The lowest BCUT2D eigenvalue weighted by Gasteiger charge is -2.26. The summed E-state index contributed by atoms with van der Waals surface area (Å²) in [7, 11) is -1.84. The van der Waals surface area contributed by atoms with Crippen molar-refractivity contribution in [2.75, 3.05) is 38.7 Å². The van der Waals surface area contributed by atoms with E-state index in [1.165, 1.54) is 0 Å². The van der Waals surface area contributed by atoms with Gasteiger partial charge in [-0.05, 0) is 49.7 Å². The molecular formula is C16H25N3O3S2. The maximum absolute atomic E-state index is 12.9. The molecule has 0 unspecified atom stereocenters. The predicted octanol–water partition coefficient (Wildman–Crippen LogP) is 2.10. The molecule has 1 aromatic carbocycles. The van der Waals surface area contributed by atoms with E-state index in [2.05, 4.69) is 10.6 Å². The van der Waals surface area contributed by atoms with Gasteiger partial charge in [0.15, 0.2) is 5.11 Å². The first-order chi connectivity index (χ1) is 11.4. The fourth-order valence-corrected chi connectivity index (χ4v) is 4.63. The normalized spacial score (nSPS) is 15.9. The van der Waals surface area contributed by atoms with Gasteiger partial charge in [0.25, 0.3) is 0 Å². The summed E-state index contributed by atoms with van der Waals surface area (Å²) in [5.74, 6) is 0. The van der Waals surface area contributed by atoms with Gasteiger partial charge in [-0.2, -0.15) is 4.31 Å². The molecule has 0 spiro atoms. The van der Waals surface area contributed by atoms with Crippen LogP contribution in [0.1, 0.15) is 24.8 Å². The molecule has 1 aromatic rings. The van der Waals surface area contributed by atoms with Crippen LogP contribution in [0.4, 0.5) is 5.69 Å². The third kappa shape index (κ3) is 4.89. The number of aryl methyl sites for hydroxylation is 1. The lowest BCUT2D eigenvalue weighted by molar-refractivity contribution is 0.204. The second-order valence-electron chi connectivity index (χ2n) is 5.82. The molecule has 0 saturated carbocycles. The lowest BCUT2D eigenvalue weighted by Crippen LogP contribution is -2.36. The smallest absolute Gasteiger partial charge is 0.243 e. The van der Waals surface area contributed by atoms with Crippen LogP contribution in [0, 0.1) is 6.92 Å². The van der Waals surface area contributed by atoms with E-state index >= 15 is 0 Å². The fraction of sp³-hybridized carbons (Fsp3) is 0.562. The highest BCUT2D eigenvalue weighted by Gasteiger charge is 2.27. The van der Waals surface area contributed by atoms with Crippen LogP contribution >= 0.6 is 12.2 Å². The molecule has 0 amide bonds. The largest absolute Gasteiger partial charge is 0.383 e. The average Bonchev–Trinajstić information content (AvgIpc) is 2.57. The number of nitrogens with zero attached hydrogens (tertiary/aromatic N) is 1. The van der Waals surface area contributed by atoms with E-state index in [0.717, 1.165) is 24.8 Å². The monoisotopic (exact) mass is 371 g/mol. The first-order valence-corrected chi connectivity index (χ1v) is 9.94. The second-order valence-corrected chi connectivity index (χ2v) is 8.13. The number of benzene rings is 1. The first-order valence-electron chi connectivity index (χ1n) is 8.10. The summed E-state index contributed by atoms with van der Waals surface area (Å²) in [6, 6.07) is 5.29. The molecule has 1 aliphatic rings. The number of rotatable bonds is 6. The number of sulfonamides is 1. The predicted molar refractivity (Wildman–Crippen MR) is 99.9 cm³/mol. The average molecular weight is 372 g/mol. The van der Waals surface area contributed by atoms with E-state index in [9.17, 15) is 8.42 Å². The van der Waals surface area contributed by atoms with Gasteiger partial charge < -0.3 is 15.4 Å². The van der Waals surface area contributed by atoms with Gasteiger partial charge in [-0.25, -0.2) is 8.42 Å². The molecule has 0 radical (unpaired) electrons. The molecule has 1 aliphatic heterocycles.